The number of fused-ring (bicyclic) bond motifs is 1. The van der Waals surface area contributed by atoms with Gasteiger partial charge in [0.25, 0.3) is 0 Å². The van der Waals surface area contributed by atoms with Crippen molar-refractivity contribution < 1.29 is 4.70 Å². The van der Waals surface area contributed by atoms with Crippen molar-refractivity contribution in [3.8, 4) is 0 Å². The summed E-state index contributed by atoms with van der Waals surface area (Å²) in [6, 6.07) is 10.2. The van der Waals surface area contributed by atoms with Crippen molar-refractivity contribution in [3.63, 3.8) is 0 Å². The van der Waals surface area contributed by atoms with Gasteiger partial charge in [0.1, 0.15) is 0 Å². The van der Waals surface area contributed by atoms with E-state index in [2.05, 4.69) is 17.1 Å². The minimum absolute atomic E-state index is 0. The van der Waals surface area contributed by atoms with Gasteiger partial charge in [-0.25, -0.2) is 0 Å². The number of hydrogen-bond donors (Lipinski definition) is 0. The second-order valence-electron chi connectivity index (χ2n) is 2.22. The Hall–Kier alpha value is -1.44. The fraction of sp³-hybridized carbons (Fsp3) is 0. The SMILES string of the molecule is F.c1ccc2cnccc2c1. The normalized spacial score (nSPS) is 9.09. The lowest BCUT2D eigenvalue weighted by molar-refractivity contribution is 1.11. The van der Waals surface area contributed by atoms with Gasteiger partial charge in [-0.1, -0.05) is 24.3 Å². The van der Waals surface area contributed by atoms with Crippen LogP contribution in [0.15, 0.2) is 42.7 Å². The highest BCUT2D eigenvalue weighted by Crippen LogP contribution is 2.09. The highest BCUT2D eigenvalue weighted by molar-refractivity contribution is 5.80. The lowest BCUT2D eigenvalue weighted by Crippen LogP contribution is -1.71. The minimum Gasteiger partial charge on any atom is -0.269 e. The van der Waals surface area contributed by atoms with Gasteiger partial charge in [-0.15, -0.1) is 0 Å². The van der Waals surface area contributed by atoms with Crippen molar-refractivity contribution >= 4 is 10.8 Å². The zero-order chi connectivity index (χ0) is 6.81. The molecule has 11 heavy (non-hydrogen) atoms. The second kappa shape index (κ2) is 3.10. The molecule has 0 saturated carbocycles. The molecule has 0 bridgehead atoms. The summed E-state index contributed by atoms with van der Waals surface area (Å²) in [4.78, 5) is 4.01. The lowest BCUT2D eigenvalue weighted by atomic mass is 10.2. The molecule has 56 valence electrons. The third-order valence-electron chi connectivity index (χ3n) is 1.55. The van der Waals surface area contributed by atoms with Crippen LogP contribution in [0.4, 0.5) is 4.70 Å². The standard InChI is InChI=1S/C9H7N.FH/c1-2-4-9-7-10-6-5-8(9)3-1;/h1-7H;1H. The number of aromatic nitrogens is 1. The summed E-state index contributed by atoms with van der Waals surface area (Å²) in [5, 5.41) is 2.45. The van der Waals surface area contributed by atoms with E-state index in [0.29, 0.717) is 0 Å². The first-order valence-corrected chi connectivity index (χ1v) is 3.25. The molecule has 0 amide bonds. The molecule has 0 aliphatic heterocycles. The number of hydrogen-bond acceptors (Lipinski definition) is 1. The lowest BCUT2D eigenvalue weighted by Gasteiger charge is -1.91. The van der Waals surface area contributed by atoms with Crippen molar-refractivity contribution in [2.45, 2.75) is 0 Å². The summed E-state index contributed by atoms with van der Waals surface area (Å²) in [6.07, 6.45) is 3.68. The Bertz CT molecular complexity index is 281. The Morgan fingerprint density at radius 2 is 1.64 bits per heavy atom. The van der Waals surface area contributed by atoms with E-state index >= 15 is 0 Å². The topological polar surface area (TPSA) is 12.9 Å². The molecule has 0 unspecified atom stereocenters. The van der Waals surface area contributed by atoms with Crippen LogP contribution in [0.1, 0.15) is 0 Å². The van der Waals surface area contributed by atoms with E-state index in [1.165, 1.54) is 10.8 Å². The van der Waals surface area contributed by atoms with Crippen LogP contribution in [0.2, 0.25) is 0 Å². The Kier molecular flexibility index (Phi) is 2.16. The molecule has 0 aliphatic carbocycles. The molecule has 0 aliphatic rings. The monoisotopic (exact) mass is 149 g/mol. The van der Waals surface area contributed by atoms with Gasteiger partial charge >= 0.3 is 0 Å². The van der Waals surface area contributed by atoms with E-state index < -0.39 is 0 Å². The second-order valence-corrected chi connectivity index (χ2v) is 2.22. The van der Waals surface area contributed by atoms with Gasteiger partial charge in [0.2, 0.25) is 0 Å². The zero-order valence-corrected chi connectivity index (χ0v) is 5.90. The van der Waals surface area contributed by atoms with E-state index in [0.717, 1.165) is 0 Å². The Morgan fingerprint density at radius 3 is 2.36 bits per heavy atom. The summed E-state index contributed by atoms with van der Waals surface area (Å²) in [5.41, 5.74) is 0. The fourth-order valence-electron chi connectivity index (χ4n) is 1.03. The first-order chi connectivity index (χ1) is 4.97. The number of nitrogens with zero attached hydrogens (tertiary/aromatic N) is 1. The van der Waals surface area contributed by atoms with Crippen molar-refractivity contribution in [3.05, 3.63) is 42.7 Å². The molecule has 0 fully saturated rings. The summed E-state index contributed by atoms with van der Waals surface area (Å²) in [5.74, 6) is 0. The van der Waals surface area contributed by atoms with Gasteiger partial charge < -0.3 is 0 Å². The highest BCUT2D eigenvalue weighted by Gasteiger charge is 1.86. The maximum Gasteiger partial charge on any atom is 0.0346 e. The molecular weight excluding hydrogens is 141 g/mol. The number of pyridine rings is 1. The Balaban J connectivity index is 0.000000605. The van der Waals surface area contributed by atoms with E-state index in [9.17, 15) is 0 Å². The first-order valence-electron chi connectivity index (χ1n) is 3.25. The molecule has 2 heteroatoms. The van der Waals surface area contributed by atoms with Gasteiger partial charge in [-0.3, -0.25) is 9.69 Å². The fourth-order valence-corrected chi connectivity index (χ4v) is 1.03. The van der Waals surface area contributed by atoms with Crippen LogP contribution < -0.4 is 0 Å². The molecule has 0 spiro atoms. The van der Waals surface area contributed by atoms with Crippen LogP contribution in [0.5, 0.6) is 0 Å². The maximum absolute atomic E-state index is 4.01. The highest BCUT2D eigenvalue weighted by atomic mass is 19.0. The predicted molar refractivity (Wildman–Crippen MR) is 44.2 cm³/mol. The van der Waals surface area contributed by atoms with E-state index in [-0.39, 0.29) is 4.70 Å². The molecule has 1 nitrogen and oxygen atoms in total. The summed E-state index contributed by atoms with van der Waals surface area (Å²) in [7, 11) is 0. The zero-order valence-electron chi connectivity index (χ0n) is 5.90. The first kappa shape index (κ1) is 7.66. The number of rotatable bonds is 0. The van der Waals surface area contributed by atoms with Crippen LogP contribution in [0.25, 0.3) is 10.8 Å². The Labute approximate surface area is 64.1 Å². The van der Waals surface area contributed by atoms with Crippen LogP contribution in [-0.4, -0.2) is 4.98 Å². The molecule has 2 aromatic rings. The quantitative estimate of drug-likeness (QED) is 0.560. The summed E-state index contributed by atoms with van der Waals surface area (Å²) in [6.45, 7) is 0. The van der Waals surface area contributed by atoms with Crippen molar-refractivity contribution in [2.24, 2.45) is 0 Å². The van der Waals surface area contributed by atoms with Crippen molar-refractivity contribution in [1.29, 1.82) is 0 Å². The van der Waals surface area contributed by atoms with Gasteiger partial charge in [0.15, 0.2) is 0 Å². The predicted octanol–water partition coefficient (Wildman–Crippen LogP) is 2.39. The van der Waals surface area contributed by atoms with Crippen molar-refractivity contribution in [1.82, 2.24) is 4.98 Å². The van der Waals surface area contributed by atoms with Gasteiger partial charge in [-0.2, -0.15) is 0 Å². The van der Waals surface area contributed by atoms with Crippen LogP contribution in [0.3, 0.4) is 0 Å². The molecule has 0 N–H and O–H groups in total. The van der Waals surface area contributed by atoms with Crippen LogP contribution in [0, 0.1) is 0 Å². The van der Waals surface area contributed by atoms with Crippen LogP contribution >= 0.6 is 0 Å². The summed E-state index contributed by atoms with van der Waals surface area (Å²) < 4.78 is 0. The third-order valence-corrected chi connectivity index (χ3v) is 1.55. The molecular formula is C9H8FN. The molecule has 0 radical (unpaired) electrons. The van der Waals surface area contributed by atoms with Gasteiger partial charge in [-0.05, 0) is 16.8 Å². The summed E-state index contributed by atoms with van der Waals surface area (Å²) >= 11 is 0. The largest absolute Gasteiger partial charge is 0.269 e. The Morgan fingerprint density at radius 1 is 0.909 bits per heavy atom. The smallest absolute Gasteiger partial charge is 0.0346 e. The van der Waals surface area contributed by atoms with Crippen molar-refractivity contribution in [2.75, 3.05) is 0 Å². The molecule has 1 heterocycles. The maximum atomic E-state index is 4.01. The number of benzene rings is 1. The third kappa shape index (κ3) is 1.34. The number of halogens is 1. The average Bonchev–Trinajstić information content (AvgIpc) is 2.05. The van der Waals surface area contributed by atoms with E-state index in [1.807, 2.05) is 30.6 Å². The van der Waals surface area contributed by atoms with Gasteiger partial charge in [0.05, 0.1) is 0 Å². The van der Waals surface area contributed by atoms with Gasteiger partial charge in [0, 0.05) is 12.4 Å². The van der Waals surface area contributed by atoms with E-state index in [1.54, 1.807) is 0 Å². The molecule has 0 atom stereocenters. The average molecular weight is 149 g/mol. The molecule has 2 rings (SSSR count). The minimum atomic E-state index is 0. The molecule has 0 saturated heterocycles. The molecule has 1 aromatic heterocycles. The molecule has 1 aromatic carbocycles. The van der Waals surface area contributed by atoms with Crippen LogP contribution in [-0.2, 0) is 0 Å². The van der Waals surface area contributed by atoms with E-state index in [4.69, 9.17) is 0 Å².